The maximum atomic E-state index is 12.5. The smallest absolute Gasteiger partial charge is 0.251 e. The number of primary amides is 1. The largest absolute Gasteiger partial charge is 0.379 e. The van der Waals surface area contributed by atoms with Crippen LogP contribution in [-0.4, -0.2) is 65.2 Å². The Morgan fingerprint density at radius 3 is 2.56 bits per heavy atom. The van der Waals surface area contributed by atoms with Gasteiger partial charge in [-0.25, -0.2) is 15.0 Å². The van der Waals surface area contributed by atoms with Crippen LogP contribution in [0.5, 0.6) is 0 Å². The van der Waals surface area contributed by atoms with Gasteiger partial charge in [0.1, 0.15) is 17.4 Å². The normalized spacial score (nSPS) is 20.1. The van der Waals surface area contributed by atoms with Crippen molar-refractivity contribution in [1.29, 1.82) is 0 Å². The van der Waals surface area contributed by atoms with Crippen LogP contribution in [0.25, 0.3) is 22.3 Å². The molecule has 4 aromatic rings. The van der Waals surface area contributed by atoms with Gasteiger partial charge in [-0.3, -0.25) is 9.69 Å². The fraction of sp³-hybridized carbons (Fsp3) is 0.333. The highest BCUT2D eigenvalue weighted by Gasteiger charge is 2.35. The summed E-state index contributed by atoms with van der Waals surface area (Å²) in [5, 5.41) is 7.24. The minimum absolute atomic E-state index is 0.327. The number of piperidine rings is 1. The number of hydrogen-bond acceptors (Lipinski definition) is 8. The van der Waals surface area contributed by atoms with Crippen molar-refractivity contribution in [2.75, 3.05) is 44.7 Å². The van der Waals surface area contributed by atoms with Crippen LogP contribution in [0, 0.1) is 0 Å². The topological polar surface area (TPSA) is 118 Å². The number of benzene rings is 2. The number of carbonyl (C=O) groups is 1. The monoisotopic (exact) mass is 523 g/mol. The third-order valence-electron chi connectivity index (χ3n) is 7.68. The first-order chi connectivity index (χ1) is 19.1. The van der Waals surface area contributed by atoms with Gasteiger partial charge in [0.15, 0.2) is 5.82 Å². The van der Waals surface area contributed by atoms with Gasteiger partial charge >= 0.3 is 0 Å². The predicted octanol–water partition coefficient (Wildman–Crippen LogP) is 3.31. The van der Waals surface area contributed by atoms with Gasteiger partial charge in [0, 0.05) is 31.7 Å². The second-order valence-electron chi connectivity index (χ2n) is 10.3. The van der Waals surface area contributed by atoms with Gasteiger partial charge in [-0.1, -0.05) is 54.6 Å². The molecule has 2 aromatic carbocycles. The molecule has 0 saturated carbocycles. The summed E-state index contributed by atoms with van der Waals surface area (Å²) in [6, 6.07) is 20.4. The summed E-state index contributed by atoms with van der Waals surface area (Å²) in [6.45, 7) is 6.01. The van der Waals surface area contributed by atoms with E-state index < -0.39 is 5.91 Å². The van der Waals surface area contributed by atoms with Crippen molar-refractivity contribution in [2.45, 2.75) is 24.9 Å². The molecular formula is C30H33N7O2. The molecule has 2 saturated heterocycles. The van der Waals surface area contributed by atoms with E-state index in [1.165, 1.54) is 17.5 Å². The molecule has 2 fully saturated rings. The number of hydrogen-bond donors (Lipinski definition) is 3. The number of anilines is 1. The first kappa shape index (κ1) is 25.4. The number of rotatable bonds is 7. The fourth-order valence-corrected chi connectivity index (χ4v) is 5.58. The number of nitrogens with one attached hydrogen (secondary N) is 2. The van der Waals surface area contributed by atoms with Crippen LogP contribution in [0.4, 0.5) is 5.82 Å². The van der Waals surface area contributed by atoms with E-state index in [-0.39, 0.29) is 5.54 Å². The zero-order valence-electron chi connectivity index (χ0n) is 21.9. The molecule has 2 aromatic heterocycles. The van der Waals surface area contributed by atoms with Gasteiger partial charge in [0.05, 0.1) is 30.0 Å². The highest BCUT2D eigenvalue weighted by Crippen LogP contribution is 2.35. The van der Waals surface area contributed by atoms with Crippen molar-refractivity contribution in [2.24, 2.45) is 5.73 Å². The van der Waals surface area contributed by atoms with Gasteiger partial charge < -0.3 is 21.1 Å². The van der Waals surface area contributed by atoms with Crippen LogP contribution in [-0.2, 0) is 16.8 Å². The number of carbonyl (C=O) groups excluding carboxylic acids is 1. The van der Waals surface area contributed by atoms with Crippen LogP contribution in [0.3, 0.4) is 0 Å². The number of amides is 1. The molecule has 6 rings (SSSR count). The van der Waals surface area contributed by atoms with E-state index in [4.69, 9.17) is 15.5 Å². The lowest BCUT2D eigenvalue weighted by atomic mass is 9.83. The number of nitrogens with zero attached hydrogens (tertiary/aromatic N) is 4. The summed E-state index contributed by atoms with van der Waals surface area (Å²) >= 11 is 0. The molecule has 1 unspecified atom stereocenters. The second kappa shape index (κ2) is 11.1. The molecule has 4 N–H and O–H groups in total. The molecule has 0 bridgehead atoms. The van der Waals surface area contributed by atoms with Crippen molar-refractivity contribution in [3.05, 3.63) is 83.7 Å². The molecule has 1 amide bonds. The highest BCUT2D eigenvalue weighted by atomic mass is 16.5. The van der Waals surface area contributed by atoms with Crippen LogP contribution in [0.15, 0.2) is 67.0 Å². The van der Waals surface area contributed by atoms with E-state index >= 15 is 0 Å². The molecule has 0 spiro atoms. The summed E-state index contributed by atoms with van der Waals surface area (Å²) in [6.07, 6.45) is 3.42. The third kappa shape index (κ3) is 5.34. The second-order valence-corrected chi connectivity index (χ2v) is 10.3. The highest BCUT2D eigenvalue weighted by molar-refractivity contribution is 6.06. The Bertz CT molecular complexity index is 1450. The average molecular weight is 524 g/mol. The Morgan fingerprint density at radius 1 is 1.05 bits per heavy atom. The summed E-state index contributed by atoms with van der Waals surface area (Å²) in [5.41, 5.74) is 10.7. The molecule has 4 heterocycles. The lowest BCUT2D eigenvalue weighted by Gasteiger charge is -2.39. The molecule has 0 aliphatic carbocycles. The van der Waals surface area contributed by atoms with Crippen LogP contribution >= 0.6 is 0 Å². The molecule has 0 radical (unpaired) electrons. The molecule has 9 heteroatoms. The van der Waals surface area contributed by atoms with E-state index in [1.54, 1.807) is 6.07 Å². The first-order valence-electron chi connectivity index (χ1n) is 13.5. The molecule has 39 heavy (non-hydrogen) atoms. The number of ether oxygens (including phenoxy) is 1. The lowest BCUT2D eigenvalue weighted by Crippen LogP contribution is -2.49. The van der Waals surface area contributed by atoms with Crippen molar-refractivity contribution < 1.29 is 9.53 Å². The molecule has 9 nitrogen and oxygen atoms in total. The Balaban J connectivity index is 1.38. The van der Waals surface area contributed by atoms with Crippen LogP contribution < -0.4 is 16.4 Å². The van der Waals surface area contributed by atoms with Gasteiger partial charge in [0.25, 0.3) is 5.91 Å². The van der Waals surface area contributed by atoms with E-state index in [0.717, 1.165) is 64.3 Å². The first-order valence-corrected chi connectivity index (χ1v) is 13.5. The zero-order chi connectivity index (χ0) is 26.7. The summed E-state index contributed by atoms with van der Waals surface area (Å²) in [4.78, 5) is 28.9. The Morgan fingerprint density at radius 2 is 1.85 bits per heavy atom. The van der Waals surface area contributed by atoms with Crippen LogP contribution in [0.2, 0.25) is 0 Å². The molecular weight excluding hydrogens is 490 g/mol. The molecule has 1 atom stereocenters. The maximum Gasteiger partial charge on any atom is 0.251 e. The Hall–Kier alpha value is -3.92. The quantitative estimate of drug-likeness (QED) is 0.338. The molecule has 200 valence electrons. The minimum Gasteiger partial charge on any atom is -0.379 e. The van der Waals surface area contributed by atoms with Crippen molar-refractivity contribution >= 4 is 22.8 Å². The van der Waals surface area contributed by atoms with Gasteiger partial charge in [-0.15, -0.1) is 0 Å². The Labute approximate surface area is 227 Å². The number of aromatic nitrogens is 3. The van der Waals surface area contributed by atoms with Crippen molar-refractivity contribution in [3.8, 4) is 11.3 Å². The number of nitrogens with two attached hydrogens (primary N) is 1. The van der Waals surface area contributed by atoms with Crippen molar-refractivity contribution in [3.63, 3.8) is 0 Å². The number of pyridine rings is 1. The van der Waals surface area contributed by atoms with Gasteiger partial charge in [0.2, 0.25) is 0 Å². The van der Waals surface area contributed by atoms with Crippen molar-refractivity contribution in [1.82, 2.24) is 25.2 Å². The third-order valence-corrected chi connectivity index (χ3v) is 7.68. The SMILES string of the molecule is NC(=O)c1cc(-c2ccc(CN3CCOCC3)cc2)nc2c(NC3(c4ccccc4)CCCNC3)ncnc12. The van der Waals surface area contributed by atoms with E-state index in [9.17, 15) is 4.79 Å². The predicted molar refractivity (Wildman–Crippen MR) is 151 cm³/mol. The molecule has 2 aliphatic heterocycles. The average Bonchev–Trinajstić information content (AvgIpc) is 2.99. The Kier molecular flexibility index (Phi) is 7.19. The number of fused-ring (bicyclic) bond motifs is 1. The molecule has 2 aliphatic rings. The lowest BCUT2D eigenvalue weighted by molar-refractivity contribution is 0.0342. The summed E-state index contributed by atoms with van der Waals surface area (Å²) in [7, 11) is 0. The van der Waals surface area contributed by atoms with E-state index in [2.05, 4.69) is 61.9 Å². The van der Waals surface area contributed by atoms with Gasteiger partial charge in [-0.05, 0) is 36.6 Å². The maximum absolute atomic E-state index is 12.5. The standard InChI is InChI=1S/C30H33N7O2/c31-28(38)24-17-25(22-9-7-21(8-10-22)18-37-13-15-39-16-14-37)35-27-26(24)33-20-34-29(27)36-30(11-4-12-32-19-30)23-5-2-1-3-6-23/h1-3,5-10,17,20,32H,4,11-16,18-19H2,(H2,31,38)(H,33,34,36). The summed E-state index contributed by atoms with van der Waals surface area (Å²) in [5.74, 6) is 0.0372. The number of morpholine rings is 1. The minimum atomic E-state index is -0.547. The van der Waals surface area contributed by atoms with E-state index in [0.29, 0.717) is 28.1 Å². The zero-order valence-corrected chi connectivity index (χ0v) is 21.9. The van der Waals surface area contributed by atoms with Gasteiger partial charge in [-0.2, -0.15) is 0 Å². The van der Waals surface area contributed by atoms with Crippen LogP contribution in [0.1, 0.15) is 34.3 Å². The summed E-state index contributed by atoms with van der Waals surface area (Å²) < 4.78 is 5.46. The fourth-order valence-electron chi connectivity index (χ4n) is 5.58. The van der Waals surface area contributed by atoms with E-state index in [1.807, 2.05) is 18.2 Å².